The number of rotatable bonds is 9. The van der Waals surface area contributed by atoms with Crippen LogP contribution in [0.15, 0.2) is 59.1 Å². The molecule has 0 saturated carbocycles. The predicted octanol–water partition coefficient (Wildman–Crippen LogP) is 4.50. The molecule has 0 heterocycles. The Hall–Kier alpha value is -1.89. The molecule has 0 fully saturated rings. The van der Waals surface area contributed by atoms with Gasteiger partial charge in [0.05, 0.1) is 18.3 Å². The fourth-order valence-electron chi connectivity index (χ4n) is 3.46. The van der Waals surface area contributed by atoms with Crippen LogP contribution in [0.25, 0.3) is 0 Å². The highest BCUT2D eigenvalue weighted by Gasteiger charge is 2.35. The van der Waals surface area contributed by atoms with Gasteiger partial charge in [0.25, 0.3) is 0 Å². The van der Waals surface area contributed by atoms with E-state index < -0.39 is 17.3 Å². The Morgan fingerprint density at radius 2 is 1.66 bits per heavy atom. The van der Waals surface area contributed by atoms with E-state index in [1.807, 2.05) is 54.6 Å². The Bertz CT molecular complexity index is 774. The number of nitrogens with zero attached hydrogens (tertiary/aromatic N) is 1. The molecule has 0 saturated heterocycles. The van der Waals surface area contributed by atoms with Gasteiger partial charge in [-0.05, 0) is 49.9 Å². The number of benzene rings is 2. The Kier molecular flexibility index (Phi) is 8.25. The van der Waals surface area contributed by atoms with Gasteiger partial charge in [0.2, 0.25) is 0 Å². The molecular formula is C23H30BrNO4. The van der Waals surface area contributed by atoms with Gasteiger partial charge in [-0.25, -0.2) is 4.79 Å². The molecular weight excluding hydrogens is 434 g/mol. The fourth-order valence-corrected chi connectivity index (χ4v) is 3.72. The summed E-state index contributed by atoms with van der Waals surface area (Å²) in [5.74, 6) is 0. The topological polar surface area (TPSA) is 70.0 Å². The van der Waals surface area contributed by atoms with Crippen LogP contribution in [0.5, 0.6) is 0 Å². The molecule has 0 aromatic heterocycles. The third-order valence-corrected chi connectivity index (χ3v) is 5.38. The number of aliphatic hydroxyl groups is 2. The average Bonchev–Trinajstić information content (AvgIpc) is 2.68. The standard InChI is InChI=1S/C23H30BrNO4/c1-22(2,27)17-23(28,19-7-5-4-6-8-19)14-16-25(21(26)29-3)15-13-18-9-11-20(24)12-10-18/h4-12,27-28H,13-17H2,1-3H3. The highest BCUT2D eigenvalue weighted by molar-refractivity contribution is 9.10. The van der Waals surface area contributed by atoms with Crippen molar-refractivity contribution < 1.29 is 19.7 Å². The summed E-state index contributed by atoms with van der Waals surface area (Å²) in [5.41, 5.74) is -0.488. The first kappa shape index (κ1) is 23.4. The molecule has 1 amide bonds. The number of methoxy groups -OCH3 is 1. The minimum atomic E-state index is -1.26. The summed E-state index contributed by atoms with van der Waals surface area (Å²) in [6.07, 6.45) is 0.695. The van der Waals surface area contributed by atoms with E-state index in [1.54, 1.807) is 18.7 Å². The summed E-state index contributed by atoms with van der Waals surface area (Å²) in [6, 6.07) is 17.2. The lowest BCUT2D eigenvalue weighted by atomic mass is 9.81. The van der Waals surface area contributed by atoms with Crippen molar-refractivity contribution >= 4 is 22.0 Å². The number of hydrogen-bond acceptors (Lipinski definition) is 4. The second-order valence-electron chi connectivity index (χ2n) is 7.97. The van der Waals surface area contributed by atoms with Gasteiger partial charge in [-0.15, -0.1) is 0 Å². The molecule has 2 aromatic rings. The maximum atomic E-state index is 12.3. The Morgan fingerprint density at radius 1 is 1.03 bits per heavy atom. The van der Waals surface area contributed by atoms with Crippen molar-refractivity contribution in [2.45, 2.75) is 44.3 Å². The molecule has 1 atom stereocenters. The van der Waals surface area contributed by atoms with Crippen molar-refractivity contribution in [1.82, 2.24) is 4.90 Å². The number of hydrogen-bond donors (Lipinski definition) is 2. The zero-order chi connectivity index (χ0) is 21.5. The van der Waals surface area contributed by atoms with Gasteiger partial charge in [-0.2, -0.15) is 0 Å². The third-order valence-electron chi connectivity index (χ3n) is 4.85. The summed E-state index contributed by atoms with van der Waals surface area (Å²) in [5, 5.41) is 21.7. The van der Waals surface area contributed by atoms with E-state index in [0.717, 1.165) is 15.6 Å². The van der Waals surface area contributed by atoms with Crippen molar-refractivity contribution in [2.75, 3.05) is 20.2 Å². The maximum absolute atomic E-state index is 12.3. The van der Waals surface area contributed by atoms with Gasteiger partial charge in [0.1, 0.15) is 0 Å². The molecule has 2 aromatic carbocycles. The summed E-state index contributed by atoms with van der Waals surface area (Å²) in [6.45, 7) is 4.13. The molecule has 2 rings (SSSR count). The van der Waals surface area contributed by atoms with Crippen molar-refractivity contribution in [3.8, 4) is 0 Å². The first-order chi connectivity index (χ1) is 13.6. The van der Waals surface area contributed by atoms with E-state index in [4.69, 9.17) is 4.74 Å². The van der Waals surface area contributed by atoms with Crippen LogP contribution in [-0.4, -0.2) is 47.0 Å². The summed E-state index contributed by atoms with van der Waals surface area (Å²) < 4.78 is 5.95. The summed E-state index contributed by atoms with van der Waals surface area (Å²) in [4.78, 5) is 13.9. The van der Waals surface area contributed by atoms with Crippen LogP contribution in [0.3, 0.4) is 0 Å². The van der Waals surface area contributed by atoms with Crippen LogP contribution in [0.2, 0.25) is 0 Å². The monoisotopic (exact) mass is 463 g/mol. The minimum Gasteiger partial charge on any atom is -0.453 e. The molecule has 2 N–H and O–H groups in total. The Balaban J connectivity index is 2.13. The van der Waals surface area contributed by atoms with E-state index >= 15 is 0 Å². The normalized spacial score (nSPS) is 13.6. The van der Waals surface area contributed by atoms with Crippen LogP contribution in [-0.2, 0) is 16.8 Å². The number of amides is 1. The third kappa shape index (κ3) is 7.46. The highest BCUT2D eigenvalue weighted by Crippen LogP contribution is 2.34. The number of ether oxygens (including phenoxy) is 1. The van der Waals surface area contributed by atoms with Gasteiger partial charge in [-0.3, -0.25) is 0 Å². The quantitative estimate of drug-likeness (QED) is 0.574. The Morgan fingerprint density at radius 3 is 2.21 bits per heavy atom. The van der Waals surface area contributed by atoms with Crippen LogP contribution in [0, 0.1) is 0 Å². The Labute approximate surface area is 181 Å². The van der Waals surface area contributed by atoms with E-state index in [-0.39, 0.29) is 12.8 Å². The molecule has 0 aliphatic carbocycles. The zero-order valence-electron chi connectivity index (χ0n) is 17.3. The lowest BCUT2D eigenvalue weighted by Gasteiger charge is -2.35. The average molecular weight is 464 g/mol. The minimum absolute atomic E-state index is 0.158. The van der Waals surface area contributed by atoms with Gasteiger partial charge >= 0.3 is 6.09 Å². The smallest absolute Gasteiger partial charge is 0.409 e. The second kappa shape index (κ2) is 10.2. The van der Waals surface area contributed by atoms with E-state index in [9.17, 15) is 15.0 Å². The molecule has 158 valence electrons. The summed E-state index contributed by atoms with van der Waals surface area (Å²) >= 11 is 3.42. The SMILES string of the molecule is COC(=O)N(CCc1ccc(Br)cc1)CCC(O)(CC(C)(C)O)c1ccccc1. The van der Waals surface area contributed by atoms with E-state index in [0.29, 0.717) is 19.5 Å². The van der Waals surface area contributed by atoms with Gasteiger partial charge in [-0.1, -0.05) is 58.4 Å². The molecule has 0 bridgehead atoms. The molecule has 6 heteroatoms. The maximum Gasteiger partial charge on any atom is 0.409 e. The number of halogens is 1. The molecule has 0 aliphatic heterocycles. The second-order valence-corrected chi connectivity index (χ2v) is 8.89. The van der Waals surface area contributed by atoms with E-state index in [2.05, 4.69) is 15.9 Å². The van der Waals surface area contributed by atoms with Crippen molar-refractivity contribution in [3.63, 3.8) is 0 Å². The lowest BCUT2D eigenvalue weighted by molar-refractivity contribution is -0.0590. The van der Waals surface area contributed by atoms with Crippen molar-refractivity contribution in [2.24, 2.45) is 0 Å². The van der Waals surface area contributed by atoms with Gasteiger partial charge in [0, 0.05) is 24.0 Å². The molecule has 29 heavy (non-hydrogen) atoms. The molecule has 5 nitrogen and oxygen atoms in total. The first-order valence-corrected chi connectivity index (χ1v) is 10.5. The number of carbonyl (C=O) groups excluding carboxylic acids is 1. The van der Waals surface area contributed by atoms with Gasteiger partial charge in [0.15, 0.2) is 0 Å². The largest absolute Gasteiger partial charge is 0.453 e. The van der Waals surface area contributed by atoms with Crippen molar-refractivity contribution in [3.05, 3.63) is 70.2 Å². The van der Waals surface area contributed by atoms with Crippen molar-refractivity contribution in [1.29, 1.82) is 0 Å². The van der Waals surface area contributed by atoms with E-state index in [1.165, 1.54) is 7.11 Å². The molecule has 0 aliphatic rings. The van der Waals surface area contributed by atoms with Crippen LogP contribution in [0.4, 0.5) is 4.79 Å². The van der Waals surface area contributed by atoms with Crippen LogP contribution < -0.4 is 0 Å². The fraction of sp³-hybridized carbons (Fsp3) is 0.435. The molecule has 0 radical (unpaired) electrons. The zero-order valence-corrected chi connectivity index (χ0v) is 18.9. The summed E-state index contributed by atoms with van der Waals surface area (Å²) in [7, 11) is 1.36. The lowest BCUT2D eigenvalue weighted by Crippen LogP contribution is -2.41. The first-order valence-electron chi connectivity index (χ1n) is 9.71. The molecule has 0 spiro atoms. The molecule has 1 unspecified atom stereocenters. The highest BCUT2D eigenvalue weighted by atomic mass is 79.9. The number of carbonyl (C=O) groups is 1. The van der Waals surface area contributed by atoms with Crippen LogP contribution in [0.1, 0.15) is 37.8 Å². The predicted molar refractivity (Wildman–Crippen MR) is 118 cm³/mol. The van der Waals surface area contributed by atoms with Crippen LogP contribution >= 0.6 is 15.9 Å². The van der Waals surface area contributed by atoms with Gasteiger partial charge < -0.3 is 19.8 Å².